The Bertz CT molecular complexity index is 462. The molecule has 2 unspecified atom stereocenters. The van der Waals surface area contributed by atoms with Crippen LogP contribution in [0.15, 0.2) is 18.2 Å². The summed E-state index contributed by atoms with van der Waals surface area (Å²) in [6.45, 7) is 6.18. The van der Waals surface area contributed by atoms with Crippen LogP contribution in [0.1, 0.15) is 38.7 Å². The number of halogens is 2. The summed E-state index contributed by atoms with van der Waals surface area (Å²) in [6.07, 6.45) is 2.89. The summed E-state index contributed by atoms with van der Waals surface area (Å²) in [5.74, 6) is -0.409. The Morgan fingerprint density at radius 2 is 2.05 bits per heavy atom. The predicted molar refractivity (Wildman–Crippen MR) is 80.6 cm³/mol. The molecule has 1 aliphatic heterocycles. The van der Waals surface area contributed by atoms with Crippen LogP contribution in [-0.4, -0.2) is 34.7 Å². The first-order valence-corrected chi connectivity index (χ1v) is 7.73. The molecule has 1 N–H and O–H groups in total. The van der Waals surface area contributed by atoms with Crippen LogP contribution in [-0.2, 0) is 6.42 Å². The van der Waals surface area contributed by atoms with E-state index in [4.69, 9.17) is 11.6 Å². The molecule has 2 rings (SSSR count). The highest BCUT2D eigenvalue weighted by atomic mass is 35.5. The first-order valence-electron chi connectivity index (χ1n) is 7.35. The van der Waals surface area contributed by atoms with Gasteiger partial charge in [-0.2, -0.15) is 0 Å². The van der Waals surface area contributed by atoms with Crippen molar-refractivity contribution in [2.75, 3.05) is 13.1 Å². The molecule has 1 aromatic carbocycles. The van der Waals surface area contributed by atoms with Gasteiger partial charge in [-0.15, -0.1) is 0 Å². The second kappa shape index (κ2) is 6.42. The first-order chi connectivity index (χ1) is 9.49. The average molecular weight is 300 g/mol. The maximum Gasteiger partial charge on any atom is 0.145 e. The second-order valence-corrected chi connectivity index (χ2v) is 6.24. The molecule has 0 aromatic heterocycles. The van der Waals surface area contributed by atoms with Gasteiger partial charge < -0.3 is 5.11 Å². The summed E-state index contributed by atoms with van der Waals surface area (Å²) in [5.41, 5.74) is 0.189. The van der Waals surface area contributed by atoms with Crippen LogP contribution in [0.25, 0.3) is 0 Å². The van der Waals surface area contributed by atoms with Crippen molar-refractivity contribution in [3.63, 3.8) is 0 Å². The Labute approximate surface area is 125 Å². The van der Waals surface area contributed by atoms with E-state index in [1.54, 1.807) is 12.1 Å². The zero-order valence-corrected chi connectivity index (χ0v) is 13.0. The lowest BCUT2D eigenvalue weighted by Crippen LogP contribution is -2.53. The van der Waals surface area contributed by atoms with Gasteiger partial charge in [-0.1, -0.05) is 30.7 Å². The SMILES string of the molecule is CCC(C)(C(O)Cc1cccc(Cl)c1F)N1CCCC1. The highest BCUT2D eigenvalue weighted by Gasteiger charge is 2.38. The molecular weight excluding hydrogens is 277 g/mol. The Morgan fingerprint density at radius 1 is 1.40 bits per heavy atom. The number of hydrogen-bond donors (Lipinski definition) is 1. The van der Waals surface area contributed by atoms with Crippen LogP contribution in [0, 0.1) is 5.82 Å². The zero-order valence-electron chi connectivity index (χ0n) is 12.2. The van der Waals surface area contributed by atoms with Crippen molar-refractivity contribution in [3.8, 4) is 0 Å². The molecule has 20 heavy (non-hydrogen) atoms. The fraction of sp³-hybridized carbons (Fsp3) is 0.625. The third kappa shape index (κ3) is 3.00. The van der Waals surface area contributed by atoms with Crippen LogP contribution >= 0.6 is 11.6 Å². The van der Waals surface area contributed by atoms with Crippen molar-refractivity contribution in [3.05, 3.63) is 34.6 Å². The van der Waals surface area contributed by atoms with E-state index in [0.717, 1.165) is 19.5 Å². The van der Waals surface area contributed by atoms with Crippen LogP contribution in [0.4, 0.5) is 4.39 Å². The lowest BCUT2D eigenvalue weighted by molar-refractivity contribution is -0.0121. The molecule has 2 nitrogen and oxygen atoms in total. The number of likely N-dealkylation sites (tertiary alicyclic amines) is 1. The maximum absolute atomic E-state index is 14.0. The minimum absolute atomic E-state index is 0.120. The summed E-state index contributed by atoms with van der Waals surface area (Å²) in [6, 6.07) is 4.96. The van der Waals surface area contributed by atoms with Crippen molar-refractivity contribution in [2.45, 2.75) is 51.2 Å². The summed E-state index contributed by atoms with van der Waals surface area (Å²) in [4.78, 5) is 2.33. The van der Waals surface area contributed by atoms with Gasteiger partial charge in [0.25, 0.3) is 0 Å². The fourth-order valence-corrected chi connectivity index (χ4v) is 3.23. The van der Waals surface area contributed by atoms with E-state index >= 15 is 0 Å². The van der Waals surface area contributed by atoms with Gasteiger partial charge in [0.05, 0.1) is 11.1 Å². The van der Waals surface area contributed by atoms with Gasteiger partial charge in [0.15, 0.2) is 0 Å². The Balaban J connectivity index is 2.16. The topological polar surface area (TPSA) is 23.5 Å². The normalized spacial score (nSPS) is 20.9. The molecule has 4 heteroatoms. The van der Waals surface area contributed by atoms with Gasteiger partial charge >= 0.3 is 0 Å². The van der Waals surface area contributed by atoms with E-state index in [2.05, 4.69) is 18.7 Å². The Hall–Kier alpha value is -0.640. The second-order valence-electron chi connectivity index (χ2n) is 5.84. The number of hydrogen-bond acceptors (Lipinski definition) is 2. The first kappa shape index (κ1) is 15.7. The van der Waals surface area contributed by atoms with E-state index in [1.165, 1.54) is 18.9 Å². The lowest BCUT2D eigenvalue weighted by Gasteiger charge is -2.42. The molecule has 1 heterocycles. The number of aliphatic hydroxyl groups excluding tert-OH is 1. The Kier molecular flexibility index (Phi) is 5.05. The summed E-state index contributed by atoms with van der Waals surface area (Å²) < 4.78 is 14.0. The molecule has 1 aliphatic rings. The van der Waals surface area contributed by atoms with E-state index in [0.29, 0.717) is 12.0 Å². The third-order valence-electron chi connectivity index (χ3n) is 4.71. The monoisotopic (exact) mass is 299 g/mol. The number of benzene rings is 1. The molecular formula is C16H23ClFNO. The van der Waals surface area contributed by atoms with Crippen LogP contribution < -0.4 is 0 Å². The minimum atomic E-state index is -0.599. The Morgan fingerprint density at radius 3 is 2.65 bits per heavy atom. The van der Waals surface area contributed by atoms with Gasteiger partial charge in [0.1, 0.15) is 5.82 Å². The largest absolute Gasteiger partial charge is 0.391 e. The molecule has 0 amide bonds. The van der Waals surface area contributed by atoms with Gasteiger partial charge in [0.2, 0.25) is 0 Å². The van der Waals surface area contributed by atoms with E-state index in [1.807, 2.05) is 0 Å². The molecule has 1 saturated heterocycles. The molecule has 1 aromatic rings. The molecule has 0 bridgehead atoms. The van der Waals surface area contributed by atoms with Crippen LogP contribution in [0.2, 0.25) is 5.02 Å². The van der Waals surface area contributed by atoms with Gasteiger partial charge in [-0.05, 0) is 50.9 Å². The molecule has 2 atom stereocenters. The summed E-state index contributed by atoms with van der Waals surface area (Å²) in [7, 11) is 0. The molecule has 1 fully saturated rings. The van der Waals surface area contributed by atoms with Crippen LogP contribution in [0.5, 0.6) is 0 Å². The van der Waals surface area contributed by atoms with Gasteiger partial charge in [0, 0.05) is 12.0 Å². The predicted octanol–water partition coefficient (Wildman–Crippen LogP) is 3.65. The van der Waals surface area contributed by atoms with E-state index < -0.39 is 11.9 Å². The van der Waals surface area contributed by atoms with Crippen molar-refractivity contribution in [1.29, 1.82) is 0 Å². The molecule has 0 spiro atoms. The molecule has 0 aliphatic carbocycles. The van der Waals surface area contributed by atoms with E-state index in [-0.39, 0.29) is 10.6 Å². The van der Waals surface area contributed by atoms with Crippen molar-refractivity contribution in [1.82, 2.24) is 4.90 Å². The highest BCUT2D eigenvalue weighted by molar-refractivity contribution is 6.30. The lowest BCUT2D eigenvalue weighted by atomic mass is 9.86. The van der Waals surface area contributed by atoms with E-state index in [9.17, 15) is 9.50 Å². The molecule has 0 radical (unpaired) electrons. The fourth-order valence-electron chi connectivity index (χ4n) is 3.03. The zero-order chi connectivity index (χ0) is 14.8. The quantitative estimate of drug-likeness (QED) is 0.897. The van der Waals surface area contributed by atoms with Crippen molar-refractivity contribution < 1.29 is 9.50 Å². The number of rotatable bonds is 5. The van der Waals surface area contributed by atoms with Gasteiger partial charge in [-0.25, -0.2) is 4.39 Å². The standard InChI is InChI=1S/C16H23ClFNO/c1-3-16(2,19-9-4-5-10-19)14(20)11-12-7-6-8-13(17)15(12)18/h6-8,14,20H,3-5,9-11H2,1-2H3. The van der Waals surface area contributed by atoms with Crippen molar-refractivity contribution >= 4 is 11.6 Å². The molecule has 0 saturated carbocycles. The highest BCUT2D eigenvalue weighted by Crippen LogP contribution is 2.30. The van der Waals surface area contributed by atoms with Crippen LogP contribution in [0.3, 0.4) is 0 Å². The minimum Gasteiger partial charge on any atom is -0.391 e. The van der Waals surface area contributed by atoms with Gasteiger partial charge in [-0.3, -0.25) is 4.90 Å². The number of aliphatic hydroxyl groups is 1. The third-order valence-corrected chi connectivity index (χ3v) is 5.00. The summed E-state index contributed by atoms with van der Waals surface area (Å²) >= 11 is 5.81. The average Bonchev–Trinajstić information content (AvgIpc) is 2.97. The maximum atomic E-state index is 14.0. The summed E-state index contributed by atoms with van der Waals surface area (Å²) in [5, 5.41) is 10.8. The van der Waals surface area contributed by atoms with Crippen molar-refractivity contribution in [2.24, 2.45) is 0 Å². The number of nitrogens with zero attached hydrogens (tertiary/aromatic N) is 1. The molecule has 112 valence electrons. The smallest absolute Gasteiger partial charge is 0.145 e.